The van der Waals surface area contributed by atoms with Crippen molar-refractivity contribution in [3.8, 4) is 0 Å². The zero-order valence-corrected chi connectivity index (χ0v) is 10.6. The molecule has 0 aliphatic carbocycles. The van der Waals surface area contributed by atoms with Gasteiger partial charge >= 0.3 is 0 Å². The SMILES string of the molecule is C=C(Br)CNCCC(OCC)OCC. The van der Waals surface area contributed by atoms with E-state index in [2.05, 4.69) is 27.8 Å². The topological polar surface area (TPSA) is 30.5 Å². The van der Waals surface area contributed by atoms with E-state index in [0.29, 0.717) is 13.2 Å². The van der Waals surface area contributed by atoms with E-state index in [4.69, 9.17) is 9.47 Å². The Labute approximate surface area is 95.0 Å². The van der Waals surface area contributed by atoms with E-state index in [1.807, 2.05) is 13.8 Å². The lowest BCUT2D eigenvalue weighted by Gasteiger charge is -2.16. The highest BCUT2D eigenvalue weighted by molar-refractivity contribution is 9.11. The zero-order chi connectivity index (χ0) is 10.8. The minimum absolute atomic E-state index is 0.0823. The highest BCUT2D eigenvalue weighted by Gasteiger charge is 2.06. The summed E-state index contributed by atoms with van der Waals surface area (Å²) >= 11 is 3.28. The van der Waals surface area contributed by atoms with Crippen molar-refractivity contribution in [2.24, 2.45) is 0 Å². The Kier molecular flexibility index (Phi) is 9.72. The van der Waals surface area contributed by atoms with Crippen LogP contribution in [0.1, 0.15) is 20.3 Å². The zero-order valence-electron chi connectivity index (χ0n) is 9.01. The fraction of sp³-hybridized carbons (Fsp3) is 0.800. The lowest BCUT2D eigenvalue weighted by Crippen LogP contribution is -2.25. The number of hydrogen-bond donors (Lipinski definition) is 1. The Hall–Kier alpha value is 0.1000. The van der Waals surface area contributed by atoms with Gasteiger partial charge in [0, 0.05) is 37.2 Å². The molecule has 0 fully saturated rings. The summed E-state index contributed by atoms with van der Waals surface area (Å²) in [5, 5.41) is 3.23. The highest BCUT2D eigenvalue weighted by Crippen LogP contribution is 2.01. The summed E-state index contributed by atoms with van der Waals surface area (Å²) in [4.78, 5) is 0. The van der Waals surface area contributed by atoms with Crippen molar-refractivity contribution < 1.29 is 9.47 Å². The molecule has 14 heavy (non-hydrogen) atoms. The Morgan fingerprint density at radius 2 is 1.93 bits per heavy atom. The van der Waals surface area contributed by atoms with Gasteiger partial charge in [0.15, 0.2) is 6.29 Å². The molecule has 0 spiro atoms. The van der Waals surface area contributed by atoms with Crippen molar-refractivity contribution in [2.75, 3.05) is 26.3 Å². The van der Waals surface area contributed by atoms with Gasteiger partial charge in [-0.05, 0) is 13.8 Å². The summed E-state index contributed by atoms with van der Waals surface area (Å²) in [5.74, 6) is 0. The molecule has 0 atom stereocenters. The molecule has 84 valence electrons. The molecule has 0 heterocycles. The summed E-state index contributed by atoms with van der Waals surface area (Å²) in [7, 11) is 0. The van der Waals surface area contributed by atoms with Gasteiger partial charge in [-0.15, -0.1) is 0 Å². The first kappa shape index (κ1) is 14.1. The Bertz CT molecular complexity index is 147. The monoisotopic (exact) mass is 265 g/mol. The normalized spacial score (nSPS) is 10.9. The van der Waals surface area contributed by atoms with Crippen molar-refractivity contribution in [1.82, 2.24) is 5.32 Å². The van der Waals surface area contributed by atoms with Gasteiger partial charge in [-0.3, -0.25) is 0 Å². The van der Waals surface area contributed by atoms with Gasteiger partial charge in [0.25, 0.3) is 0 Å². The van der Waals surface area contributed by atoms with Crippen LogP contribution in [0, 0.1) is 0 Å². The second-order valence-electron chi connectivity index (χ2n) is 2.82. The fourth-order valence-corrected chi connectivity index (χ4v) is 1.23. The molecule has 0 bridgehead atoms. The second-order valence-corrected chi connectivity index (χ2v) is 3.94. The summed E-state index contributed by atoms with van der Waals surface area (Å²) in [6, 6.07) is 0. The molecule has 0 aliphatic rings. The molecule has 0 aromatic rings. The van der Waals surface area contributed by atoms with Gasteiger partial charge in [-0.1, -0.05) is 22.5 Å². The number of nitrogens with one attached hydrogen (secondary N) is 1. The van der Waals surface area contributed by atoms with Gasteiger partial charge in [0.1, 0.15) is 0 Å². The molecule has 1 N–H and O–H groups in total. The van der Waals surface area contributed by atoms with E-state index in [1.165, 1.54) is 0 Å². The van der Waals surface area contributed by atoms with E-state index in [0.717, 1.165) is 24.0 Å². The minimum atomic E-state index is -0.0823. The second kappa shape index (κ2) is 9.65. The molecule has 0 radical (unpaired) electrons. The molecule has 0 saturated heterocycles. The number of hydrogen-bond acceptors (Lipinski definition) is 3. The number of halogens is 1. The molecule has 0 aromatic heterocycles. The van der Waals surface area contributed by atoms with Crippen LogP contribution in [0.4, 0.5) is 0 Å². The predicted octanol–water partition coefficient (Wildman–Crippen LogP) is 2.27. The summed E-state index contributed by atoms with van der Waals surface area (Å²) in [6.45, 7) is 10.7. The highest BCUT2D eigenvalue weighted by atomic mass is 79.9. The van der Waals surface area contributed by atoms with Crippen LogP contribution in [0.25, 0.3) is 0 Å². The third kappa shape index (κ3) is 8.69. The predicted molar refractivity (Wildman–Crippen MR) is 62.6 cm³/mol. The Morgan fingerprint density at radius 1 is 1.36 bits per heavy atom. The van der Waals surface area contributed by atoms with Crippen LogP contribution in [0.5, 0.6) is 0 Å². The summed E-state index contributed by atoms with van der Waals surface area (Å²) in [5.41, 5.74) is 0. The maximum absolute atomic E-state index is 5.39. The smallest absolute Gasteiger partial charge is 0.158 e. The average Bonchev–Trinajstić information content (AvgIpc) is 2.12. The number of ether oxygens (including phenoxy) is 2. The summed E-state index contributed by atoms with van der Waals surface area (Å²) in [6.07, 6.45) is 0.781. The van der Waals surface area contributed by atoms with Crippen LogP contribution in [-0.4, -0.2) is 32.6 Å². The quantitative estimate of drug-likeness (QED) is 0.513. The van der Waals surface area contributed by atoms with E-state index in [1.54, 1.807) is 0 Å². The van der Waals surface area contributed by atoms with Crippen LogP contribution in [-0.2, 0) is 9.47 Å². The van der Waals surface area contributed by atoms with Crippen molar-refractivity contribution in [3.63, 3.8) is 0 Å². The van der Waals surface area contributed by atoms with Crippen molar-refractivity contribution in [1.29, 1.82) is 0 Å². The van der Waals surface area contributed by atoms with Gasteiger partial charge < -0.3 is 14.8 Å². The van der Waals surface area contributed by atoms with Crippen molar-refractivity contribution in [3.05, 3.63) is 11.1 Å². The lowest BCUT2D eigenvalue weighted by atomic mass is 10.4. The standard InChI is InChI=1S/C10H20BrNO2/c1-4-13-10(14-5-2)6-7-12-8-9(3)11/h10,12H,3-8H2,1-2H3. The molecule has 0 amide bonds. The average molecular weight is 266 g/mol. The first-order chi connectivity index (χ1) is 6.70. The van der Waals surface area contributed by atoms with Crippen LogP contribution in [0.3, 0.4) is 0 Å². The molecular formula is C10H20BrNO2. The van der Waals surface area contributed by atoms with Crippen LogP contribution in [0.2, 0.25) is 0 Å². The molecule has 0 unspecified atom stereocenters. The fourth-order valence-electron chi connectivity index (χ4n) is 1.03. The van der Waals surface area contributed by atoms with E-state index < -0.39 is 0 Å². The maximum atomic E-state index is 5.39. The van der Waals surface area contributed by atoms with E-state index >= 15 is 0 Å². The largest absolute Gasteiger partial charge is 0.353 e. The molecule has 0 aromatic carbocycles. The molecule has 0 aliphatic heterocycles. The number of rotatable bonds is 9. The van der Waals surface area contributed by atoms with Gasteiger partial charge in [0.2, 0.25) is 0 Å². The molecular weight excluding hydrogens is 246 g/mol. The molecule has 0 rings (SSSR count). The van der Waals surface area contributed by atoms with E-state index in [9.17, 15) is 0 Å². The van der Waals surface area contributed by atoms with Crippen molar-refractivity contribution in [2.45, 2.75) is 26.6 Å². The van der Waals surface area contributed by atoms with E-state index in [-0.39, 0.29) is 6.29 Å². The first-order valence-corrected chi connectivity index (χ1v) is 5.77. The van der Waals surface area contributed by atoms with Gasteiger partial charge in [-0.2, -0.15) is 0 Å². The lowest BCUT2D eigenvalue weighted by molar-refractivity contribution is -0.138. The Balaban J connectivity index is 3.44. The molecule has 4 heteroatoms. The van der Waals surface area contributed by atoms with Crippen molar-refractivity contribution >= 4 is 15.9 Å². The van der Waals surface area contributed by atoms with Gasteiger partial charge in [0.05, 0.1) is 0 Å². The maximum Gasteiger partial charge on any atom is 0.158 e. The van der Waals surface area contributed by atoms with Crippen LogP contribution < -0.4 is 5.32 Å². The van der Waals surface area contributed by atoms with Gasteiger partial charge in [-0.25, -0.2) is 0 Å². The summed E-state index contributed by atoms with van der Waals surface area (Å²) < 4.78 is 11.7. The van der Waals surface area contributed by atoms with Crippen LogP contribution in [0.15, 0.2) is 11.1 Å². The van der Waals surface area contributed by atoms with Crippen LogP contribution >= 0.6 is 15.9 Å². The third-order valence-electron chi connectivity index (χ3n) is 1.58. The third-order valence-corrected chi connectivity index (χ3v) is 1.86. The Morgan fingerprint density at radius 3 is 2.36 bits per heavy atom. The minimum Gasteiger partial charge on any atom is -0.353 e. The first-order valence-electron chi connectivity index (χ1n) is 4.97. The molecule has 3 nitrogen and oxygen atoms in total. The molecule has 0 saturated carbocycles.